The molecule has 3 atom stereocenters. The van der Waals surface area contributed by atoms with Crippen molar-refractivity contribution in [3.05, 3.63) is 23.8 Å². The molecular weight excluding hydrogens is 510 g/mol. The van der Waals surface area contributed by atoms with Gasteiger partial charge in [0.25, 0.3) is 0 Å². The molecule has 1 amide bonds. The summed E-state index contributed by atoms with van der Waals surface area (Å²) < 4.78 is 0. The number of hydrogen-bond donors (Lipinski definition) is 4. The number of carbonyl (C=O) groups is 1. The minimum absolute atomic E-state index is 0. The maximum atomic E-state index is 12.4. The first-order valence-electron chi connectivity index (χ1n) is 17.1. The van der Waals surface area contributed by atoms with Gasteiger partial charge in [-0.15, -0.1) is 0 Å². The number of nitrogens with one attached hydrogen (secondary N) is 1. The summed E-state index contributed by atoms with van der Waals surface area (Å²) in [5.74, 6) is -0.515. The molecule has 0 bridgehead atoms. The van der Waals surface area contributed by atoms with E-state index in [-0.39, 0.29) is 14.0 Å². The molecule has 0 aromatic rings. The van der Waals surface area contributed by atoms with Crippen LogP contribution in [0.3, 0.4) is 0 Å². The van der Waals surface area contributed by atoms with Crippen molar-refractivity contribution in [2.75, 3.05) is 6.61 Å². The van der Waals surface area contributed by atoms with Crippen molar-refractivity contribution in [2.45, 2.75) is 194 Å². The maximum Gasteiger partial charge on any atom is 0.249 e. The van der Waals surface area contributed by atoms with Gasteiger partial charge >= 0.3 is 0 Å². The van der Waals surface area contributed by atoms with Crippen LogP contribution in [0.1, 0.15) is 176 Å². The van der Waals surface area contributed by atoms with Crippen LogP contribution in [0.15, 0.2) is 23.8 Å². The number of aliphatic hydroxyl groups excluding tert-OH is 3. The molecule has 0 rings (SSSR count). The van der Waals surface area contributed by atoms with Crippen LogP contribution in [0.5, 0.6) is 0 Å². The number of rotatable bonds is 29. The van der Waals surface area contributed by atoms with Gasteiger partial charge in [-0.25, -0.2) is 0 Å². The second-order valence-corrected chi connectivity index (χ2v) is 11.9. The Morgan fingerprint density at radius 3 is 1.66 bits per heavy atom. The van der Waals surface area contributed by atoms with Crippen LogP contribution in [0.4, 0.5) is 0 Å². The van der Waals surface area contributed by atoms with E-state index < -0.39 is 24.2 Å². The topological polar surface area (TPSA) is 89.8 Å². The van der Waals surface area contributed by atoms with E-state index in [4.69, 9.17) is 0 Å². The second kappa shape index (κ2) is 31.8. The Morgan fingerprint density at radius 2 is 1.17 bits per heavy atom. The third-order valence-corrected chi connectivity index (χ3v) is 7.90. The molecule has 0 radical (unpaired) electrons. The van der Waals surface area contributed by atoms with Gasteiger partial charge in [-0.1, -0.05) is 161 Å². The van der Waals surface area contributed by atoms with E-state index >= 15 is 0 Å². The van der Waals surface area contributed by atoms with Crippen molar-refractivity contribution >= 4 is 5.91 Å². The predicted octanol–water partition coefficient (Wildman–Crippen LogP) is 9.34. The standard InChI is InChI=1S/C35H67NO4.CH4/c1-4-6-8-10-12-13-14-15-16-18-20-24-29-34(39)35(40)36-32(30-37)33(38)28-25-21-23-27-31(3)26-22-19-17-11-9-7-5-2;/h25,27-28,32-34,37-39H,4-24,26,29-30H2,1-3H3,(H,36,40);1H4/b28-25+,31-27+;/t32-,33+,34+;/m1./s1. The summed E-state index contributed by atoms with van der Waals surface area (Å²) in [6.07, 6.45) is 31.2. The van der Waals surface area contributed by atoms with E-state index in [0.29, 0.717) is 6.42 Å². The molecule has 0 aromatic carbocycles. The monoisotopic (exact) mass is 582 g/mol. The molecule has 5 nitrogen and oxygen atoms in total. The van der Waals surface area contributed by atoms with E-state index in [1.165, 1.54) is 108 Å². The van der Waals surface area contributed by atoms with Gasteiger partial charge in [-0.05, 0) is 39.0 Å². The van der Waals surface area contributed by atoms with Crippen molar-refractivity contribution in [1.29, 1.82) is 0 Å². The smallest absolute Gasteiger partial charge is 0.249 e. The molecule has 0 unspecified atom stereocenters. The summed E-state index contributed by atoms with van der Waals surface area (Å²) in [5.41, 5.74) is 1.42. The summed E-state index contributed by atoms with van der Waals surface area (Å²) in [6.45, 7) is 6.32. The van der Waals surface area contributed by atoms with Crippen LogP contribution in [-0.4, -0.2) is 46.1 Å². The molecule has 0 saturated heterocycles. The van der Waals surface area contributed by atoms with E-state index in [0.717, 1.165) is 38.5 Å². The number of amides is 1. The Morgan fingerprint density at radius 1 is 0.707 bits per heavy atom. The first-order chi connectivity index (χ1) is 19.5. The SMILES string of the molecule is C.CCCCCCCCCCCCCC[C@H](O)C(=O)N[C@H](CO)[C@@H](O)/C=C/CC/C=C(\C)CCCCCCCCC. The quantitative estimate of drug-likeness (QED) is 0.0523. The van der Waals surface area contributed by atoms with Crippen LogP contribution >= 0.6 is 0 Å². The summed E-state index contributed by atoms with van der Waals surface area (Å²) in [6, 6.07) is -0.810. The van der Waals surface area contributed by atoms with Crippen molar-refractivity contribution in [1.82, 2.24) is 5.32 Å². The summed E-state index contributed by atoms with van der Waals surface area (Å²) in [7, 11) is 0. The normalized spacial score (nSPS) is 14.1. The molecule has 0 aliphatic carbocycles. The van der Waals surface area contributed by atoms with Crippen LogP contribution in [0, 0.1) is 0 Å². The predicted molar refractivity (Wildman–Crippen MR) is 178 cm³/mol. The lowest BCUT2D eigenvalue weighted by atomic mass is 10.0. The highest BCUT2D eigenvalue weighted by Crippen LogP contribution is 2.14. The van der Waals surface area contributed by atoms with Gasteiger partial charge < -0.3 is 20.6 Å². The molecule has 0 spiro atoms. The van der Waals surface area contributed by atoms with Gasteiger partial charge in [0.1, 0.15) is 6.10 Å². The lowest BCUT2D eigenvalue weighted by Gasteiger charge is -2.21. The number of unbranched alkanes of at least 4 members (excludes halogenated alkanes) is 18. The average Bonchev–Trinajstić information content (AvgIpc) is 2.95. The molecule has 0 saturated carbocycles. The lowest BCUT2D eigenvalue weighted by molar-refractivity contribution is -0.131. The van der Waals surface area contributed by atoms with Crippen LogP contribution in [-0.2, 0) is 4.79 Å². The molecular formula is C36H71NO4. The largest absolute Gasteiger partial charge is 0.394 e. The summed E-state index contributed by atoms with van der Waals surface area (Å²) in [4.78, 5) is 12.4. The van der Waals surface area contributed by atoms with Gasteiger partial charge in [-0.2, -0.15) is 0 Å². The highest BCUT2D eigenvalue weighted by Gasteiger charge is 2.22. The van der Waals surface area contributed by atoms with Gasteiger partial charge in [-0.3, -0.25) is 4.79 Å². The molecule has 0 aliphatic heterocycles. The highest BCUT2D eigenvalue weighted by atomic mass is 16.3. The van der Waals surface area contributed by atoms with E-state index in [1.807, 2.05) is 6.08 Å². The minimum atomic E-state index is -1.10. The van der Waals surface area contributed by atoms with Crippen molar-refractivity contribution < 1.29 is 20.1 Å². The first kappa shape index (κ1) is 42.0. The fourth-order valence-corrected chi connectivity index (χ4v) is 5.09. The zero-order valence-corrected chi connectivity index (χ0v) is 26.7. The molecule has 4 N–H and O–H groups in total. The third-order valence-electron chi connectivity index (χ3n) is 7.90. The fraction of sp³-hybridized carbons (Fsp3) is 0.861. The first-order valence-corrected chi connectivity index (χ1v) is 17.1. The van der Waals surface area contributed by atoms with E-state index in [9.17, 15) is 20.1 Å². The Balaban J connectivity index is 0. The van der Waals surface area contributed by atoms with Crippen LogP contribution < -0.4 is 5.32 Å². The molecule has 0 heterocycles. The Labute approximate surface area is 255 Å². The molecule has 0 aromatic heterocycles. The van der Waals surface area contributed by atoms with Crippen molar-refractivity contribution in [3.8, 4) is 0 Å². The summed E-state index contributed by atoms with van der Waals surface area (Å²) in [5, 5.41) is 32.9. The highest BCUT2D eigenvalue weighted by molar-refractivity contribution is 5.80. The molecule has 0 fully saturated rings. The van der Waals surface area contributed by atoms with Gasteiger partial charge in [0.05, 0.1) is 18.8 Å². The number of aliphatic hydroxyl groups is 3. The van der Waals surface area contributed by atoms with Crippen molar-refractivity contribution in [2.24, 2.45) is 0 Å². The maximum absolute atomic E-state index is 12.4. The van der Waals surface area contributed by atoms with E-state index in [2.05, 4.69) is 32.2 Å². The fourth-order valence-electron chi connectivity index (χ4n) is 5.09. The van der Waals surface area contributed by atoms with Crippen molar-refractivity contribution in [3.63, 3.8) is 0 Å². The molecule has 5 heteroatoms. The van der Waals surface area contributed by atoms with E-state index in [1.54, 1.807) is 6.08 Å². The summed E-state index contributed by atoms with van der Waals surface area (Å²) >= 11 is 0. The molecule has 244 valence electrons. The number of hydrogen-bond acceptors (Lipinski definition) is 4. The molecule has 41 heavy (non-hydrogen) atoms. The Bertz CT molecular complexity index is 619. The lowest BCUT2D eigenvalue weighted by Crippen LogP contribution is -2.48. The zero-order valence-electron chi connectivity index (χ0n) is 26.7. The Hall–Kier alpha value is -1.17. The van der Waals surface area contributed by atoms with Crippen LogP contribution in [0.2, 0.25) is 0 Å². The Kier molecular flexibility index (Phi) is 32.5. The average molecular weight is 582 g/mol. The van der Waals surface area contributed by atoms with Gasteiger partial charge in [0, 0.05) is 0 Å². The minimum Gasteiger partial charge on any atom is -0.394 e. The van der Waals surface area contributed by atoms with Gasteiger partial charge in [0.2, 0.25) is 5.91 Å². The van der Waals surface area contributed by atoms with Crippen LogP contribution in [0.25, 0.3) is 0 Å². The second-order valence-electron chi connectivity index (χ2n) is 11.9. The third kappa shape index (κ3) is 27.4. The number of carbonyl (C=O) groups excluding carboxylic acids is 1. The molecule has 0 aliphatic rings. The van der Waals surface area contributed by atoms with Gasteiger partial charge in [0.15, 0.2) is 0 Å². The number of allylic oxidation sites excluding steroid dienone is 3. The zero-order chi connectivity index (χ0) is 29.7.